The van der Waals surface area contributed by atoms with E-state index in [4.69, 9.17) is 4.74 Å². The van der Waals surface area contributed by atoms with Crippen LogP contribution in [0.15, 0.2) is 53.5 Å². The van der Waals surface area contributed by atoms with E-state index in [1.54, 1.807) is 37.3 Å². The van der Waals surface area contributed by atoms with Gasteiger partial charge in [-0.3, -0.25) is 14.4 Å². The van der Waals surface area contributed by atoms with Gasteiger partial charge in [0.25, 0.3) is 11.8 Å². The van der Waals surface area contributed by atoms with E-state index in [9.17, 15) is 37.8 Å². The van der Waals surface area contributed by atoms with Gasteiger partial charge in [-0.2, -0.15) is 0 Å². The summed E-state index contributed by atoms with van der Waals surface area (Å²) in [7, 11) is 0. The molecule has 2 aliphatic heterocycles. The van der Waals surface area contributed by atoms with Crippen LogP contribution in [0.4, 0.5) is 13.2 Å². The molecular weight excluding hydrogens is 543 g/mol. The van der Waals surface area contributed by atoms with Crippen molar-refractivity contribution in [1.82, 2.24) is 14.8 Å². The highest BCUT2D eigenvalue weighted by molar-refractivity contribution is 5.99. The quantitative estimate of drug-likeness (QED) is 0.401. The number of fused-ring (bicyclic) bond motifs is 4. The van der Waals surface area contributed by atoms with E-state index in [1.165, 1.54) is 9.47 Å². The van der Waals surface area contributed by atoms with Crippen LogP contribution < -0.4 is 15.5 Å². The molecule has 2 bridgehead atoms. The molecule has 2 aliphatic rings. The van der Waals surface area contributed by atoms with Crippen LogP contribution in [0.1, 0.15) is 57.8 Å². The van der Waals surface area contributed by atoms with Gasteiger partial charge in [0.05, 0.1) is 12.6 Å². The number of benzene rings is 2. The molecule has 9 nitrogen and oxygen atoms in total. The van der Waals surface area contributed by atoms with Gasteiger partial charge in [0.1, 0.15) is 35.2 Å². The fourth-order valence-corrected chi connectivity index (χ4v) is 5.36. The predicted octanol–water partition coefficient (Wildman–Crippen LogP) is 2.68. The van der Waals surface area contributed by atoms with Crippen molar-refractivity contribution >= 4 is 11.8 Å². The van der Waals surface area contributed by atoms with Gasteiger partial charge in [-0.1, -0.05) is 30.3 Å². The molecule has 12 heteroatoms. The molecule has 3 aromatic rings. The number of pyridine rings is 1. The normalized spacial score (nSPS) is 21.7. The molecule has 0 radical (unpaired) electrons. The van der Waals surface area contributed by atoms with Gasteiger partial charge in [-0.15, -0.1) is 0 Å². The highest BCUT2D eigenvalue weighted by atomic mass is 19.1. The van der Waals surface area contributed by atoms with Crippen molar-refractivity contribution in [2.45, 2.75) is 50.6 Å². The summed E-state index contributed by atoms with van der Waals surface area (Å²) in [6, 6.07) is 8.45. The number of ether oxygens (including phenoxy) is 1. The minimum Gasteiger partial charge on any atom is -0.483 e. The number of nitrogens with zero attached hydrogens (tertiary/aromatic N) is 2. The van der Waals surface area contributed by atoms with Gasteiger partial charge >= 0.3 is 0 Å². The van der Waals surface area contributed by atoms with Crippen LogP contribution in [0.2, 0.25) is 0 Å². The monoisotopic (exact) mass is 571 g/mol. The van der Waals surface area contributed by atoms with Crippen LogP contribution in [-0.2, 0) is 13.2 Å². The second-order valence-electron chi connectivity index (χ2n) is 10.4. The summed E-state index contributed by atoms with van der Waals surface area (Å²) in [4.78, 5) is 42.1. The lowest BCUT2D eigenvalue weighted by Crippen LogP contribution is -2.53. The number of amides is 2. The van der Waals surface area contributed by atoms with Gasteiger partial charge in [0, 0.05) is 43.0 Å². The Kier molecular flexibility index (Phi) is 7.62. The Hall–Kier alpha value is -4.16. The zero-order valence-corrected chi connectivity index (χ0v) is 22.1. The van der Waals surface area contributed by atoms with E-state index >= 15 is 0 Å². The van der Waals surface area contributed by atoms with E-state index in [0.717, 1.165) is 6.20 Å². The molecule has 216 valence electrons. The Bertz CT molecular complexity index is 1540. The number of carbonyl (C=O) groups is 2. The lowest BCUT2D eigenvalue weighted by atomic mass is 9.89. The summed E-state index contributed by atoms with van der Waals surface area (Å²) in [5, 5.41) is 23.8. The third-order valence-corrected chi connectivity index (χ3v) is 7.78. The summed E-state index contributed by atoms with van der Waals surface area (Å²) in [5.74, 6) is -5.59. The Morgan fingerprint density at radius 3 is 2.49 bits per heavy atom. The highest BCUT2D eigenvalue weighted by Gasteiger charge is 2.49. The van der Waals surface area contributed by atoms with Crippen LogP contribution >= 0.6 is 0 Å². The molecular formula is C29H28F3N3O6. The molecule has 1 aromatic heterocycles. The summed E-state index contributed by atoms with van der Waals surface area (Å²) < 4.78 is 48.8. The second-order valence-corrected chi connectivity index (χ2v) is 10.4. The van der Waals surface area contributed by atoms with Gasteiger partial charge in [-0.25, -0.2) is 13.2 Å². The molecule has 3 N–H and O–H groups in total. The second kappa shape index (κ2) is 11.0. The van der Waals surface area contributed by atoms with Crippen LogP contribution in [0.25, 0.3) is 0 Å². The maximum absolute atomic E-state index is 14.2. The topological polar surface area (TPSA) is 121 Å². The van der Waals surface area contributed by atoms with Gasteiger partial charge < -0.3 is 29.7 Å². The fourth-order valence-electron chi connectivity index (χ4n) is 5.36. The molecule has 1 fully saturated rings. The van der Waals surface area contributed by atoms with Crippen molar-refractivity contribution in [3.8, 4) is 5.75 Å². The lowest BCUT2D eigenvalue weighted by molar-refractivity contribution is -0.0636. The first-order chi connectivity index (χ1) is 19.5. The zero-order valence-electron chi connectivity index (χ0n) is 22.1. The van der Waals surface area contributed by atoms with E-state index in [0.29, 0.717) is 24.1 Å². The first kappa shape index (κ1) is 28.4. The molecule has 3 heterocycles. The number of carbonyl (C=O) groups excluding carboxylic acids is 2. The van der Waals surface area contributed by atoms with Crippen LogP contribution in [0.3, 0.4) is 0 Å². The van der Waals surface area contributed by atoms with Crippen molar-refractivity contribution in [1.29, 1.82) is 0 Å². The van der Waals surface area contributed by atoms with Crippen LogP contribution in [0.5, 0.6) is 5.75 Å². The average Bonchev–Trinajstić information content (AvgIpc) is 3.06. The molecule has 0 saturated carbocycles. The summed E-state index contributed by atoms with van der Waals surface area (Å²) in [6.07, 6.45) is 1.60. The SMILES string of the molecule is CC1CC[C@@](O)(CO)[C@H]2CN1C(=O)c1c(OCc3ccccc3)c(=O)c(C(=O)NCc3c(F)cc(F)cc3F)cn12. The predicted molar refractivity (Wildman–Crippen MR) is 140 cm³/mol. The number of hydrogen-bond donors (Lipinski definition) is 3. The number of hydrogen-bond acceptors (Lipinski definition) is 6. The van der Waals surface area contributed by atoms with Crippen molar-refractivity contribution in [3.63, 3.8) is 0 Å². The minimum absolute atomic E-state index is 0.00187. The third kappa shape index (κ3) is 5.20. The van der Waals surface area contributed by atoms with Crippen molar-refractivity contribution in [2.75, 3.05) is 13.2 Å². The minimum atomic E-state index is -1.70. The third-order valence-electron chi connectivity index (χ3n) is 7.78. The van der Waals surface area contributed by atoms with E-state index in [-0.39, 0.29) is 31.3 Å². The molecule has 5 rings (SSSR count). The Labute approximate surface area is 232 Å². The maximum atomic E-state index is 14.2. The van der Waals surface area contributed by atoms with E-state index < -0.39 is 76.4 Å². The number of aliphatic hydroxyl groups excluding tert-OH is 1. The van der Waals surface area contributed by atoms with Crippen LogP contribution in [-0.4, -0.2) is 56.3 Å². The van der Waals surface area contributed by atoms with Crippen LogP contribution in [0, 0.1) is 17.5 Å². The fraction of sp³-hybridized carbons (Fsp3) is 0.345. The van der Waals surface area contributed by atoms with Crippen molar-refractivity contribution < 1.29 is 37.7 Å². The van der Waals surface area contributed by atoms with Crippen molar-refractivity contribution in [3.05, 3.63) is 98.7 Å². The summed E-state index contributed by atoms with van der Waals surface area (Å²) in [6.45, 7) is 0.317. The summed E-state index contributed by atoms with van der Waals surface area (Å²) >= 11 is 0. The zero-order chi connectivity index (χ0) is 29.5. The van der Waals surface area contributed by atoms with E-state index in [2.05, 4.69) is 5.32 Å². The highest BCUT2D eigenvalue weighted by Crippen LogP contribution is 2.40. The number of aromatic nitrogens is 1. The lowest BCUT2D eigenvalue weighted by Gasteiger charge is -2.42. The average molecular weight is 572 g/mol. The summed E-state index contributed by atoms with van der Waals surface area (Å²) in [5.41, 5.74) is -3.29. The Morgan fingerprint density at radius 2 is 1.83 bits per heavy atom. The molecule has 0 aliphatic carbocycles. The maximum Gasteiger partial charge on any atom is 0.274 e. The number of aliphatic hydroxyl groups is 2. The first-order valence-corrected chi connectivity index (χ1v) is 13.1. The van der Waals surface area contributed by atoms with Gasteiger partial charge in [-0.05, 0) is 25.3 Å². The molecule has 0 spiro atoms. The molecule has 1 unspecified atom stereocenters. The number of nitrogens with one attached hydrogen (secondary N) is 1. The van der Waals surface area contributed by atoms with Gasteiger partial charge in [0.15, 0.2) is 11.4 Å². The molecule has 2 amide bonds. The van der Waals surface area contributed by atoms with Gasteiger partial charge in [0.2, 0.25) is 5.43 Å². The first-order valence-electron chi connectivity index (χ1n) is 13.1. The molecule has 41 heavy (non-hydrogen) atoms. The van der Waals surface area contributed by atoms with Crippen molar-refractivity contribution in [2.24, 2.45) is 0 Å². The standard InChI is InChI=1S/C29H28F3N3O6/c1-16-7-8-29(40,15-36)23-13-34(16)28(39)24-26(41-14-17-5-3-2-4-6-17)25(37)20(12-35(23)24)27(38)33-11-19-21(31)9-18(30)10-22(19)32/h2-6,9-10,12,16,23,36,40H,7-8,11,13-15H2,1H3,(H,33,38)/t16?,23-,29-/m1/s1. The van der Waals surface area contributed by atoms with E-state index in [1.807, 2.05) is 0 Å². The number of halogens is 3. The number of rotatable bonds is 7. The largest absolute Gasteiger partial charge is 0.483 e. The molecule has 2 aromatic carbocycles. The smallest absolute Gasteiger partial charge is 0.274 e. The Balaban J connectivity index is 1.60. The molecule has 1 saturated heterocycles. The molecule has 3 atom stereocenters. The Morgan fingerprint density at radius 1 is 1.15 bits per heavy atom.